The second-order valence-corrected chi connectivity index (χ2v) is 7.83. The topological polar surface area (TPSA) is 36.4 Å². The zero-order valence-corrected chi connectivity index (χ0v) is 16.4. The van der Waals surface area contributed by atoms with Crippen LogP contribution >= 0.6 is 22.9 Å². The average Bonchev–Trinajstić information content (AvgIpc) is 3.17. The molecule has 1 aliphatic heterocycles. The monoisotopic (exact) mass is 397 g/mol. The number of hydrogen-bond acceptors (Lipinski definition) is 4. The van der Waals surface area contributed by atoms with E-state index in [1.807, 2.05) is 58.8 Å². The standard InChI is InChI=1S/C21H20ClN3OS/c22-17-7-4-8-19(13-17)24-9-11-25(12-10-24)20(26)14-18-15-27-21(23-18)16-5-2-1-3-6-16/h1-8,13,15H,9-12,14H2. The largest absolute Gasteiger partial charge is 0.368 e. The number of carbonyl (C=O) groups is 1. The molecule has 0 spiro atoms. The fourth-order valence-electron chi connectivity index (χ4n) is 3.26. The summed E-state index contributed by atoms with van der Waals surface area (Å²) in [5.41, 5.74) is 3.05. The van der Waals surface area contributed by atoms with E-state index in [0.29, 0.717) is 6.42 Å². The van der Waals surface area contributed by atoms with Crippen LogP contribution in [0.4, 0.5) is 5.69 Å². The van der Waals surface area contributed by atoms with Gasteiger partial charge in [-0.05, 0) is 18.2 Å². The van der Waals surface area contributed by atoms with Gasteiger partial charge in [0.25, 0.3) is 0 Å². The van der Waals surface area contributed by atoms with Crippen LogP contribution < -0.4 is 4.90 Å². The Labute approximate surface area is 168 Å². The Balaban J connectivity index is 1.34. The molecule has 0 unspecified atom stereocenters. The Morgan fingerprint density at radius 1 is 1.04 bits per heavy atom. The fourth-order valence-corrected chi connectivity index (χ4v) is 4.27. The molecule has 1 aromatic heterocycles. The maximum absolute atomic E-state index is 12.7. The van der Waals surface area contributed by atoms with Gasteiger partial charge in [-0.15, -0.1) is 11.3 Å². The van der Waals surface area contributed by atoms with Gasteiger partial charge in [0.1, 0.15) is 5.01 Å². The van der Waals surface area contributed by atoms with Crippen molar-refractivity contribution in [1.82, 2.24) is 9.88 Å². The lowest BCUT2D eigenvalue weighted by Gasteiger charge is -2.36. The Morgan fingerprint density at radius 3 is 2.56 bits per heavy atom. The van der Waals surface area contributed by atoms with Crippen LogP contribution in [-0.2, 0) is 11.2 Å². The summed E-state index contributed by atoms with van der Waals surface area (Å²) in [4.78, 5) is 21.5. The number of rotatable bonds is 4. The zero-order valence-electron chi connectivity index (χ0n) is 14.8. The predicted octanol–water partition coefficient (Wildman–Crippen LogP) is 4.35. The molecule has 1 saturated heterocycles. The van der Waals surface area contributed by atoms with Crippen molar-refractivity contribution >= 4 is 34.5 Å². The first-order valence-corrected chi connectivity index (χ1v) is 10.2. The van der Waals surface area contributed by atoms with Crippen molar-refractivity contribution in [3.8, 4) is 10.6 Å². The molecule has 2 heterocycles. The molecule has 0 atom stereocenters. The molecule has 0 N–H and O–H groups in total. The third-order valence-electron chi connectivity index (χ3n) is 4.71. The number of aromatic nitrogens is 1. The maximum Gasteiger partial charge on any atom is 0.228 e. The number of hydrogen-bond donors (Lipinski definition) is 0. The molecule has 4 rings (SSSR count). The minimum absolute atomic E-state index is 0.144. The molecule has 2 aromatic carbocycles. The summed E-state index contributed by atoms with van der Waals surface area (Å²) in [5, 5.41) is 3.69. The molecule has 0 aliphatic carbocycles. The Kier molecular flexibility index (Phi) is 5.41. The fraction of sp³-hybridized carbons (Fsp3) is 0.238. The highest BCUT2D eigenvalue weighted by atomic mass is 35.5. The first kappa shape index (κ1) is 18.0. The van der Waals surface area contributed by atoms with Gasteiger partial charge in [-0.1, -0.05) is 48.0 Å². The van der Waals surface area contributed by atoms with Crippen molar-refractivity contribution in [2.75, 3.05) is 31.1 Å². The number of nitrogens with zero attached hydrogens (tertiary/aromatic N) is 3. The number of thiazole rings is 1. The number of carbonyl (C=O) groups excluding carboxylic acids is 1. The van der Waals surface area contributed by atoms with Crippen LogP contribution in [0.5, 0.6) is 0 Å². The lowest BCUT2D eigenvalue weighted by Crippen LogP contribution is -2.49. The number of benzene rings is 2. The van der Waals surface area contributed by atoms with Crippen molar-refractivity contribution in [2.24, 2.45) is 0 Å². The third kappa shape index (κ3) is 4.31. The maximum atomic E-state index is 12.7. The smallest absolute Gasteiger partial charge is 0.228 e. The van der Waals surface area contributed by atoms with E-state index in [1.54, 1.807) is 11.3 Å². The van der Waals surface area contributed by atoms with Gasteiger partial charge in [0.15, 0.2) is 0 Å². The Hall–Kier alpha value is -2.37. The molecule has 3 aromatic rings. The van der Waals surface area contributed by atoms with Gasteiger partial charge in [0.2, 0.25) is 5.91 Å². The van der Waals surface area contributed by atoms with E-state index in [-0.39, 0.29) is 5.91 Å². The summed E-state index contributed by atoms with van der Waals surface area (Å²) in [6, 6.07) is 17.9. The summed E-state index contributed by atoms with van der Waals surface area (Å²) < 4.78 is 0. The van der Waals surface area contributed by atoms with Crippen LogP contribution in [0.3, 0.4) is 0 Å². The van der Waals surface area contributed by atoms with Crippen molar-refractivity contribution in [1.29, 1.82) is 0 Å². The summed E-state index contributed by atoms with van der Waals surface area (Å²) in [6.45, 7) is 3.08. The molecule has 0 saturated carbocycles. The second kappa shape index (κ2) is 8.11. The molecular weight excluding hydrogens is 378 g/mol. The van der Waals surface area contributed by atoms with Crippen LogP contribution in [0.25, 0.3) is 10.6 Å². The molecule has 6 heteroatoms. The van der Waals surface area contributed by atoms with Gasteiger partial charge in [-0.2, -0.15) is 0 Å². The van der Waals surface area contributed by atoms with Gasteiger partial charge in [-0.25, -0.2) is 4.98 Å². The van der Waals surface area contributed by atoms with E-state index >= 15 is 0 Å². The van der Waals surface area contributed by atoms with Crippen LogP contribution in [-0.4, -0.2) is 42.0 Å². The summed E-state index contributed by atoms with van der Waals surface area (Å²) in [7, 11) is 0. The van der Waals surface area contributed by atoms with Crippen molar-refractivity contribution < 1.29 is 4.79 Å². The van der Waals surface area contributed by atoms with Gasteiger partial charge < -0.3 is 9.80 Å². The van der Waals surface area contributed by atoms with E-state index in [4.69, 9.17) is 11.6 Å². The Morgan fingerprint density at radius 2 is 1.81 bits per heavy atom. The van der Waals surface area contributed by atoms with E-state index < -0.39 is 0 Å². The molecule has 1 amide bonds. The van der Waals surface area contributed by atoms with Gasteiger partial charge in [0, 0.05) is 47.8 Å². The van der Waals surface area contributed by atoms with Crippen molar-refractivity contribution in [3.05, 3.63) is 70.7 Å². The van der Waals surface area contributed by atoms with Crippen LogP contribution in [0.15, 0.2) is 60.0 Å². The summed E-state index contributed by atoms with van der Waals surface area (Å²) in [6.07, 6.45) is 0.362. The minimum atomic E-state index is 0.144. The van der Waals surface area contributed by atoms with Gasteiger partial charge >= 0.3 is 0 Å². The van der Waals surface area contributed by atoms with E-state index in [9.17, 15) is 4.79 Å². The molecule has 138 valence electrons. The number of amides is 1. The molecule has 4 nitrogen and oxygen atoms in total. The SMILES string of the molecule is O=C(Cc1csc(-c2ccccc2)n1)N1CCN(c2cccc(Cl)c2)CC1. The van der Waals surface area contributed by atoms with Gasteiger partial charge in [-0.3, -0.25) is 4.79 Å². The van der Waals surface area contributed by atoms with E-state index in [1.165, 1.54) is 0 Å². The normalized spacial score (nSPS) is 14.4. The second-order valence-electron chi connectivity index (χ2n) is 6.53. The van der Waals surface area contributed by atoms with E-state index in [2.05, 4.69) is 16.0 Å². The molecule has 1 fully saturated rings. The molecule has 27 heavy (non-hydrogen) atoms. The minimum Gasteiger partial charge on any atom is -0.368 e. The van der Waals surface area contributed by atoms with Crippen molar-refractivity contribution in [3.63, 3.8) is 0 Å². The zero-order chi connectivity index (χ0) is 18.6. The number of piperazine rings is 1. The van der Waals surface area contributed by atoms with Crippen LogP contribution in [0, 0.1) is 0 Å². The number of halogens is 1. The highest BCUT2D eigenvalue weighted by molar-refractivity contribution is 7.13. The average molecular weight is 398 g/mol. The number of anilines is 1. The molecule has 0 radical (unpaired) electrons. The summed E-state index contributed by atoms with van der Waals surface area (Å²) >= 11 is 7.67. The first-order chi connectivity index (χ1) is 13.2. The third-order valence-corrected chi connectivity index (χ3v) is 5.89. The Bertz CT molecular complexity index is 920. The first-order valence-electron chi connectivity index (χ1n) is 8.97. The predicted molar refractivity (Wildman–Crippen MR) is 111 cm³/mol. The van der Waals surface area contributed by atoms with Crippen molar-refractivity contribution in [2.45, 2.75) is 6.42 Å². The van der Waals surface area contributed by atoms with Crippen LogP contribution in [0.2, 0.25) is 5.02 Å². The quantitative estimate of drug-likeness (QED) is 0.656. The highest BCUT2D eigenvalue weighted by Gasteiger charge is 2.22. The lowest BCUT2D eigenvalue weighted by atomic mass is 10.2. The molecular formula is C21H20ClN3OS. The van der Waals surface area contributed by atoms with Gasteiger partial charge in [0.05, 0.1) is 12.1 Å². The van der Waals surface area contributed by atoms with Crippen LogP contribution in [0.1, 0.15) is 5.69 Å². The summed E-state index contributed by atoms with van der Waals surface area (Å²) in [5.74, 6) is 0.144. The lowest BCUT2D eigenvalue weighted by molar-refractivity contribution is -0.130. The molecule has 0 bridgehead atoms. The van der Waals surface area contributed by atoms with E-state index in [0.717, 1.165) is 53.2 Å². The highest BCUT2D eigenvalue weighted by Crippen LogP contribution is 2.24. The molecule has 1 aliphatic rings.